The summed E-state index contributed by atoms with van der Waals surface area (Å²) in [5.41, 5.74) is 4.92. The van der Waals surface area contributed by atoms with Crippen molar-refractivity contribution in [1.82, 2.24) is 0 Å². The second kappa shape index (κ2) is 5.75. The molecule has 0 saturated carbocycles. The summed E-state index contributed by atoms with van der Waals surface area (Å²) < 4.78 is 25.0. The molecule has 62 valence electrons. The highest BCUT2D eigenvalue weighted by atomic mass is 32.2. The number of rotatable bonds is 3. The van der Waals surface area contributed by atoms with Crippen LogP contribution in [-0.4, -0.2) is 49.7 Å². The highest BCUT2D eigenvalue weighted by Gasteiger charge is 2.11. The van der Waals surface area contributed by atoms with Gasteiger partial charge in [-0.05, 0) is 0 Å². The molecule has 0 aliphatic heterocycles. The summed E-state index contributed by atoms with van der Waals surface area (Å²) in [4.78, 5) is 10.1. The van der Waals surface area contributed by atoms with Crippen molar-refractivity contribution in [2.75, 3.05) is 12.3 Å². The molecule has 5 nitrogen and oxygen atoms in total. The van der Waals surface area contributed by atoms with Crippen molar-refractivity contribution < 1.29 is 17.4 Å². The van der Waals surface area contributed by atoms with Gasteiger partial charge in [0.1, 0.15) is 0 Å². The van der Waals surface area contributed by atoms with E-state index in [0.717, 1.165) is 6.92 Å². The molecule has 0 atom stereocenters. The lowest BCUT2D eigenvalue weighted by molar-refractivity contribution is -0.131. The average molecular weight is 191 g/mol. The minimum absolute atomic E-state index is 0. The highest BCUT2D eigenvalue weighted by molar-refractivity contribution is 7.87. The van der Waals surface area contributed by atoms with Crippen molar-refractivity contribution in [1.29, 1.82) is 0 Å². The van der Waals surface area contributed by atoms with Crippen molar-refractivity contribution in [3.05, 3.63) is 0 Å². The fourth-order valence-corrected chi connectivity index (χ4v) is 1.09. The second-order valence-corrected chi connectivity index (χ2v) is 3.32. The second-order valence-electron chi connectivity index (χ2n) is 1.63. The molecule has 7 heteroatoms. The summed E-state index contributed by atoms with van der Waals surface area (Å²) in [6, 6.07) is 0. The molecule has 0 aromatic heterocycles. The first kappa shape index (κ1) is 13.7. The van der Waals surface area contributed by atoms with E-state index < -0.39 is 16.1 Å². The van der Waals surface area contributed by atoms with Crippen molar-refractivity contribution in [3.8, 4) is 0 Å². The van der Waals surface area contributed by atoms with E-state index in [4.69, 9.17) is 5.73 Å². The van der Waals surface area contributed by atoms with Gasteiger partial charge in [0.2, 0.25) is 0 Å². The predicted molar refractivity (Wildman–Crippen MR) is 40.4 cm³/mol. The molecule has 2 N–H and O–H groups in total. The van der Waals surface area contributed by atoms with Crippen LogP contribution in [0.25, 0.3) is 0 Å². The number of carbonyl (C=O) groups is 1. The van der Waals surface area contributed by atoms with Gasteiger partial charge in [0.25, 0.3) is 0 Å². The first-order valence-corrected chi connectivity index (χ1v) is 4.18. The normalized spacial score (nSPS) is 10.0. The largest absolute Gasteiger partial charge is 0.346 e. The van der Waals surface area contributed by atoms with Gasteiger partial charge in [-0.1, -0.05) is 0 Å². The Bertz CT molecular complexity index is 212. The monoisotopic (exact) mass is 191 g/mol. The number of carbonyl (C=O) groups excluding carboxylic acids is 1. The smallest absolute Gasteiger partial charge is 0.319 e. The Balaban J connectivity index is 0. The summed E-state index contributed by atoms with van der Waals surface area (Å²) in [6.07, 6.45) is 0. The van der Waals surface area contributed by atoms with Gasteiger partial charge in [-0.15, -0.1) is 0 Å². The first-order chi connectivity index (χ1) is 4.48. The Kier molecular flexibility index (Phi) is 7.17. The van der Waals surface area contributed by atoms with Gasteiger partial charge < -0.3 is 9.92 Å². The van der Waals surface area contributed by atoms with Gasteiger partial charge in [-0.2, -0.15) is 8.42 Å². The maximum Gasteiger partial charge on any atom is 0.319 e. The van der Waals surface area contributed by atoms with Gasteiger partial charge in [0.05, 0.1) is 5.75 Å². The molecule has 11 heavy (non-hydrogen) atoms. The topological polar surface area (TPSA) is 86.5 Å². The van der Waals surface area contributed by atoms with E-state index in [1.54, 1.807) is 0 Å². The van der Waals surface area contributed by atoms with Crippen LogP contribution in [0.3, 0.4) is 0 Å². The van der Waals surface area contributed by atoms with Crippen LogP contribution in [0, 0.1) is 0 Å². The van der Waals surface area contributed by atoms with Crippen LogP contribution in [0.2, 0.25) is 0 Å². The zero-order chi connectivity index (χ0) is 8.20. The van der Waals surface area contributed by atoms with Crippen LogP contribution in [0.15, 0.2) is 0 Å². The van der Waals surface area contributed by atoms with Crippen molar-refractivity contribution >= 4 is 39.1 Å². The summed E-state index contributed by atoms with van der Waals surface area (Å²) in [6.45, 7) is 0.976. The van der Waals surface area contributed by atoms with Gasteiger partial charge >= 0.3 is 16.1 Å². The third kappa shape index (κ3) is 8.05. The van der Waals surface area contributed by atoms with E-state index in [1.807, 2.05) is 0 Å². The third-order valence-electron chi connectivity index (χ3n) is 0.612. The molecule has 0 unspecified atom stereocenters. The molecular weight excluding hydrogens is 182 g/mol. The molecule has 0 spiro atoms. The number of nitrogens with two attached hydrogens (primary N) is 1. The lowest BCUT2D eigenvalue weighted by atomic mass is 10.8. The summed E-state index contributed by atoms with van der Waals surface area (Å²) >= 11 is 0. The van der Waals surface area contributed by atoms with E-state index >= 15 is 0 Å². The van der Waals surface area contributed by atoms with Crippen LogP contribution < -0.4 is 5.73 Å². The SMILES string of the molecule is CC(=O)OS(=O)(=O)CCN.[Mg]. The first-order valence-electron chi connectivity index (χ1n) is 2.61. The molecule has 2 radical (unpaired) electrons. The van der Waals surface area contributed by atoms with Crippen molar-refractivity contribution in [3.63, 3.8) is 0 Å². The highest BCUT2D eigenvalue weighted by Crippen LogP contribution is 1.91. The Morgan fingerprint density at radius 1 is 1.55 bits per heavy atom. The van der Waals surface area contributed by atoms with Gasteiger partial charge in [-0.3, -0.25) is 4.79 Å². The van der Waals surface area contributed by atoms with Crippen LogP contribution in [-0.2, 0) is 19.1 Å². The van der Waals surface area contributed by atoms with E-state index in [1.165, 1.54) is 0 Å². The van der Waals surface area contributed by atoms with Crippen LogP contribution in [0.4, 0.5) is 0 Å². The maximum absolute atomic E-state index is 10.5. The molecule has 0 heterocycles. The van der Waals surface area contributed by atoms with E-state index in [2.05, 4.69) is 4.18 Å². The summed E-state index contributed by atoms with van der Waals surface area (Å²) in [5, 5.41) is 0. The lowest BCUT2D eigenvalue weighted by Crippen LogP contribution is -2.19. The van der Waals surface area contributed by atoms with Crippen LogP contribution >= 0.6 is 0 Å². The molecule has 0 aromatic carbocycles. The molecule has 0 aliphatic carbocycles. The maximum atomic E-state index is 10.5. The quantitative estimate of drug-likeness (QED) is 0.431. The van der Waals surface area contributed by atoms with Crippen LogP contribution in [0.5, 0.6) is 0 Å². The standard InChI is InChI=1S/C4H9NO4S.Mg/c1-4(6)9-10(7,8)3-2-5;/h2-3,5H2,1H3;. The average Bonchev–Trinajstić information content (AvgIpc) is 1.59. The van der Waals surface area contributed by atoms with E-state index in [0.29, 0.717) is 0 Å². The predicted octanol–water partition coefficient (Wildman–Crippen LogP) is -1.54. The van der Waals surface area contributed by atoms with Crippen molar-refractivity contribution in [2.45, 2.75) is 6.92 Å². The van der Waals surface area contributed by atoms with Crippen molar-refractivity contribution in [2.24, 2.45) is 5.73 Å². The molecule has 0 rings (SSSR count). The Labute approximate surface area is 81.6 Å². The fourth-order valence-electron chi connectivity index (χ4n) is 0.365. The molecule has 0 saturated heterocycles. The zero-order valence-corrected chi connectivity index (χ0v) is 8.47. The molecule has 0 bridgehead atoms. The molecule has 0 amide bonds. The lowest BCUT2D eigenvalue weighted by Gasteiger charge is -1.99. The fraction of sp³-hybridized carbons (Fsp3) is 0.750. The molecule has 0 aliphatic rings. The zero-order valence-electron chi connectivity index (χ0n) is 6.24. The third-order valence-corrected chi connectivity index (χ3v) is 1.84. The Morgan fingerprint density at radius 3 is 2.27 bits per heavy atom. The van der Waals surface area contributed by atoms with Gasteiger partial charge in [-0.25, -0.2) is 0 Å². The number of hydrogen-bond acceptors (Lipinski definition) is 5. The minimum Gasteiger partial charge on any atom is -0.346 e. The molecule has 0 aromatic rings. The molecular formula is C4H9MgNO4S. The summed E-state index contributed by atoms with van der Waals surface area (Å²) in [5.74, 6) is -1.17. The van der Waals surface area contributed by atoms with E-state index in [-0.39, 0.29) is 35.4 Å². The summed E-state index contributed by atoms with van der Waals surface area (Å²) in [7, 11) is -3.71. The van der Waals surface area contributed by atoms with Gasteiger partial charge in [0, 0.05) is 36.5 Å². The minimum atomic E-state index is -3.71. The van der Waals surface area contributed by atoms with E-state index in [9.17, 15) is 13.2 Å². The Hall–Kier alpha value is 0.146. The van der Waals surface area contributed by atoms with Gasteiger partial charge in [0.15, 0.2) is 0 Å². The number of hydrogen-bond donors (Lipinski definition) is 1. The molecule has 0 fully saturated rings. The Morgan fingerprint density at radius 2 is 2.00 bits per heavy atom. The van der Waals surface area contributed by atoms with Crippen LogP contribution in [0.1, 0.15) is 6.92 Å².